The van der Waals surface area contributed by atoms with Gasteiger partial charge in [0.15, 0.2) is 0 Å². The highest BCUT2D eigenvalue weighted by molar-refractivity contribution is 7.89. The number of sulfonamides is 1. The monoisotopic (exact) mass is 448 g/mol. The fraction of sp³-hybridized carbons (Fsp3) is 0.364. The van der Waals surface area contributed by atoms with Crippen LogP contribution in [0, 0.1) is 0 Å². The second kappa shape index (κ2) is 11.5. The Bertz CT molecular complexity index is 978. The molecular weight excluding hydrogens is 420 g/mol. The number of carbonyl (C=O) groups excluding carboxylic acids is 2. The summed E-state index contributed by atoms with van der Waals surface area (Å²) < 4.78 is 37.3. The molecule has 2 rings (SSSR count). The first-order valence-corrected chi connectivity index (χ1v) is 11.5. The minimum absolute atomic E-state index is 0.0183. The lowest BCUT2D eigenvalue weighted by Crippen LogP contribution is -2.27. The van der Waals surface area contributed by atoms with Crippen LogP contribution < -0.4 is 9.62 Å². The summed E-state index contributed by atoms with van der Waals surface area (Å²) in [5.41, 5.74) is 0.456. The molecule has 1 heterocycles. The van der Waals surface area contributed by atoms with Gasteiger partial charge in [0.25, 0.3) is 0 Å². The van der Waals surface area contributed by atoms with Crippen molar-refractivity contribution in [3.63, 3.8) is 0 Å². The molecular formula is C22H28N2O6S. The Balaban J connectivity index is 2.31. The van der Waals surface area contributed by atoms with Crippen molar-refractivity contribution in [1.29, 1.82) is 0 Å². The smallest absolute Gasteiger partial charge is 0.355 e. The second-order valence-corrected chi connectivity index (χ2v) is 8.54. The number of esters is 2. The third kappa shape index (κ3) is 6.28. The summed E-state index contributed by atoms with van der Waals surface area (Å²) in [6.45, 7) is 2.47. The van der Waals surface area contributed by atoms with Gasteiger partial charge in [-0.15, -0.1) is 0 Å². The average molecular weight is 449 g/mol. The van der Waals surface area contributed by atoms with Gasteiger partial charge in [0, 0.05) is 18.4 Å². The lowest BCUT2D eigenvalue weighted by atomic mass is 10.1. The lowest BCUT2D eigenvalue weighted by Gasteiger charge is -2.23. The van der Waals surface area contributed by atoms with Crippen LogP contribution in [0.3, 0.4) is 0 Å². The van der Waals surface area contributed by atoms with Gasteiger partial charge in [-0.25, -0.2) is 22.7 Å². The van der Waals surface area contributed by atoms with Crippen LogP contribution in [0.1, 0.15) is 32.6 Å². The first-order valence-electron chi connectivity index (χ1n) is 10.0. The van der Waals surface area contributed by atoms with E-state index in [4.69, 9.17) is 9.47 Å². The molecule has 0 radical (unpaired) electrons. The predicted octanol–water partition coefficient (Wildman–Crippen LogP) is 3.04. The molecule has 0 aliphatic carbocycles. The first-order chi connectivity index (χ1) is 14.9. The maximum Gasteiger partial charge on any atom is 0.355 e. The van der Waals surface area contributed by atoms with E-state index in [9.17, 15) is 18.0 Å². The molecule has 31 heavy (non-hydrogen) atoms. The summed E-state index contributed by atoms with van der Waals surface area (Å²) in [5, 5.41) is 0. The zero-order valence-corrected chi connectivity index (χ0v) is 18.8. The highest BCUT2D eigenvalue weighted by Gasteiger charge is 2.27. The van der Waals surface area contributed by atoms with Crippen LogP contribution in [0.15, 0.2) is 64.9 Å². The van der Waals surface area contributed by atoms with E-state index in [1.807, 2.05) is 0 Å². The third-order valence-corrected chi connectivity index (χ3v) is 6.11. The third-order valence-electron chi connectivity index (χ3n) is 4.64. The Morgan fingerprint density at radius 2 is 1.65 bits per heavy atom. The van der Waals surface area contributed by atoms with E-state index in [2.05, 4.69) is 11.6 Å². The summed E-state index contributed by atoms with van der Waals surface area (Å²) in [4.78, 5) is 26.2. The van der Waals surface area contributed by atoms with E-state index in [0.717, 1.165) is 25.7 Å². The Kier molecular flexibility index (Phi) is 9.02. The maximum absolute atomic E-state index is 12.5. The fourth-order valence-corrected chi connectivity index (χ4v) is 4.07. The maximum atomic E-state index is 12.5. The summed E-state index contributed by atoms with van der Waals surface area (Å²) >= 11 is 0. The number of hydrogen-bond donors (Lipinski definition) is 1. The van der Waals surface area contributed by atoms with Gasteiger partial charge in [0.1, 0.15) is 5.70 Å². The number of hydrogen-bond acceptors (Lipinski definition) is 7. The van der Waals surface area contributed by atoms with Gasteiger partial charge in [-0.05, 0) is 42.8 Å². The number of methoxy groups -OCH3 is 2. The summed E-state index contributed by atoms with van der Waals surface area (Å²) in [7, 11) is -1.21. The van der Waals surface area contributed by atoms with Gasteiger partial charge in [0.05, 0.1) is 24.7 Å². The average Bonchev–Trinajstić information content (AvgIpc) is 3.01. The lowest BCUT2D eigenvalue weighted by molar-refractivity contribution is -0.139. The molecule has 1 aromatic carbocycles. The number of ether oxygens (including phenoxy) is 2. The normalized spacial score (nSPS) is 13.8. The summed E-state index contributed by atoms with van der Waals surface area (Å²) in [6, 6.07) is 6.00. The minimum Gasteiger partial charge on any atom is -0.465 e. The highest BCUT2D eigenvalue weighted by atomic mass is 32.2. The number of rotatable bonds is 10. The van der Waals surface area contributed by atoms with E-state index in [-0.39, 0.29) is 16.2 Å². The minimum atomic E-state index is -3.64. The summed E-state index contributed by atoms with van der Waals surface area (Å²) in [5.74, 6) is -1.43. The van der Waals surface area contributed by atoms with E-state index in [1.165, 1.54) is 37.3 Å². The van der Waals surface area contributed by atoms with Crippen molar-refractivity contribution >= 4 is 27.6 Å². The molecule has 0 spiro atoms. The van der Waals surface area contributed by atoms with Gasteiger partial charge in [-0.3, -0.25) is 0 Å². The molecule has 8 nitrogen and oxygen atoms in total. The Hall–Kier alpha value is -2.91. The number of allylic oxidation sites excluding steroid dienone is 2. The largest absolute Gasteiger partial charge is 0.465 e. The van der Waals surface area contributed by atoms with Crippen LogP contribution in [0.25, 0.3) is 0 Å². The second-order valence-electron chi connectivity index (χ2n) is 6.77. The highest BCUT2D eigenvalue weighted by Crippen LogP contribution is 2.27. The van der Waals surface area contributed by atoms with Gasteiger partial charge < -0.3 is 14.4 Å². The molecule has 1 aliphatic rings. The Labute approximate surface area is 183 Å². The van der Waals surface area contributed by atoms with E-state index in [1.54, 1.807) is 30.5 Å². The number of anilines is 1. The molecule has 0 bridgehead atoms. The van der Waals surface area contributed by atoms with Crippen LogP contribution in [-0.2, 0) is 29.1 Å². The number of nitrogens with zero attached hydrogens (tertiary/aromatic N) is 1. The van der Waals surface area contributed by atoms with Crippen molar-refractivity contribution in [2.24, 2.45) is 0 Å². The molecule has 168 valence electrons. The SMILES string of the molecule is CCCCCCNS(=O)(=O)c1ccc(N2C=CC=CC(C(=O)OC)=C2C(=O)OC)cc1. The zero-order valence-electron chi connectivity index (χ0n) is 18.0. The molecule has 1 aromatic rings. The summed E-state index contributed by atoms with van der Waals surface area (Å²) in [6.07, 6.45) is 10.2. The standard InChI is InChI=1S/C22H28N2O6S/c1-4-5-6-8-15-23-31(27,28)18-13-11-17(12-14-18)24-16-9-7-10-19(21(25)29-2)20(24)22(26)30-3/h7,9-14,16,23H,4-6,8,15H2,1-3H3. The molecule has 0 unspecified atom stereocenters. The molecule has 0 saturated carbocycles. The van der Waals surface area contributed by atoms with Gasteiger partial charge >= 0.3 is 11.9 Å². The Morgan fingerprint density at radius 3 is 2.26 bits per heavy atom. The Morgan fingerprint density at radius 1 is 0.968 bits per heavy atom. The number of carbonyl (C=O) groups is 2. The van der Waals surface area contributed by atoms with Gasteiger partial charge in [-0.1, -0.05) is 32.3 Å². The van der Waals surface area contributed by atoms with E-state index < -0.39 is 22.0 Å². The van der Waals surface area contributed by atoms with E-state index in [0.29, 0.717) is 12.2 Å². The van der Waals surface area contributed by atoms with Crippen LogP contribution >= 0.6 is 0 Å². The molecule has 0 amide bonds. The van der Waals surface area contributed by atoms with Crippen LogP contribution in [0.2, 0.25) is 0 Å². The molecule has 0 aromatic heterocycles. The van der Waals surface area contributed by atoms with Crippen LogP contribution in [0.5, 0.6) is 0 Å². The molecule has 0 saturated heterocycles. The molecule has 0 atom stereocenters. The van der Waals surface area contributed by atoms with Crippen molar-refractivity contribution in [2.75, 3.05) is 25.7 Å². The fourth-order valence-electron chi connectivity index (χ4n) is 2.99. The molecule has 9 heteroatoms. The first kappa shape index (κ1) is 24.4. The van der Waals surface area contributed by atoms with Crippen molar-refractivity contribution < 1.29 is 27.5 Å². The van der Waals surface area contributed by atoms with Crippen molar-refractivity contribution in [3.05, 3.63) is 60.0 Å². The molecule has 0 fully saturated rings. The van der Waals surface area contributed by atoms with Crippen molar-refractivity contribution in [1.82, 2.24) is 4.72 Å². The van der Waals surface area contributed by atoms with Crippen molar-refractivity contribution in [3.8, 4) is 0 Å². The van der Waals surface area contributed by atoms with E-state index >= 15 is 0 Å². The number of benzene rings is 1. The number of unbranched alkanes of at least 4 members (excludes halogenated alkanes) is 3. The predicted molar refractivity (Wildman–Crippen MR) is 118 cm³/mol. The van der Waals surface area contributed by atoms with Crippen molar-refractivity contribution in [2.45, 2.75) is 37.5 Å². The van der Waals surface area contributed by atoms with Crippen LogP contribution in [0.4, 0.5) is 5.69 Å². The quantitative estimate of drug-likeness (QED) is 0.434. The number of nitrogens with one attached hydrogen (secondary N) is 1. The van der Waals surface area contributed by atoms with Crippen LogP contribution in [-0.4, -0.2) is 41.1 Å². The molecule has 1 aliphatic heterocycles. The molecule has 1 N–H and O–H groups in total. The van der Waals surface area contributed by atoms with Gasteiger partial charge in [0.2, 0.25) is 10.0 Å². The zero-order chi connectivity index (χ0) is 22.9. The topological polar surface area (TPSA) is 102 Å². The van der Waals surface area contributed by atoms with Gasteiger partial charge in [-0.2, -0.15) is 0 Å².